The fourth-order valence-corrected chi connectivity index (χ4v) is 2.08. The minimum atomic E-state index is -4.46. The van der Waals surface area contributed by atoms with Crippen LogP contribution in [0.1, 0.15) is 0 Å². The summed E-state index contributed by atoms with van der Waals surface area (Å²) in [5.74, 6) is 0. The van der Waals surface area contributed by atoms with Crippen molar-refractivity contribution in [2.45, 2.75) is 9.79 Å². The second kappa shape index (κ2) is 3.45. The molecule has 0 aliphatic heterocycles. The lowest BCUT2D eigenvalue weighted by Gasteiger charge is -2.04. The van der Waals surface area contributed by atoms with Crippen molar-refractivity contribution >= 4 is 25.8 Å². The average molecular weight is 252 g/mol. The normalized spacial score (nSPS) is 12.7. The van der Waals surface area contributed by atoms with Crippen molar-refractivity contribution in [1.82, 2.24) is 0 Å². The van der Waals surface area contributed by atoms with E-state index in [-0.39, 0.29) is 10.6 Å². The lowest BCUT2D eigenvalue weighted by atomic mass is 10.3. The number of rotatable bonds is 2. The van der Waals surface area contributed by atoms with E-state index in [0.717, 1.165) is 18.2 Å². The first kappa shape index (κ1) is 11.9. The van der Waals surface area contributed by atoms with Gasteiger partial charge in [-0.3, -0.25) is 4.55 Å². The molecule has 9 heteroatoms. The maximum absolute atomic E-state index is 10.9. The van der Waals surface area contributed by atoms with Gasteiger partial charge in [0, 0.05) is 0 Å². The van der Waals surface area contributed by atoms with Crippen molar-refractivity contribution < 1.29 is 21.4 Å². The lowest BCUT2D eigenvalue weighted by molar-refractivity contribution is 0.483. The number of sulfonamides is 1. The summed E-state index contributed by atoms with van der Waals surface area (Å²) in [4.78, 5) is -0.887. The molecule has 1 aromatic carbocycles. The Hall–Kier alpha value is -1.16. The molecule has 0 unspecified atom stereocenters. The maximum Gasteiger partial charge on any atom is 0.296 e. The van der Waals surface area contributed by atoms with Crippen molar-refractivity contribution in [3.05, 3.63) is 18.2 Å². The van der Waals surface area contributed by atoms with Gasteiger partial charge >= 0.3 is 0 Å². The number of anilines is 1. The van der Waals surface area contributed by atoms with Crippen molar-refractivity contribution in [1.29, 1.82) is 0 Å². The Morgan fingerprint density at radius 3 is 2.00 bits per heavy atom. The van der Waals surface area contributed by atoms with E-state index in [1.807, 2.05) is 0 Å². The standard InChI is InChI=1S/C6H8N2O5S2/c7-5-3-4(14(8,9)10)1-2-6(5)15(11,12)13/h1-3H,7H2,(H2,8,9,10)(H,11,12,13). The molecule has 1 rings (SSSR count). The van der Waals surface area contributed by atoms with Crippen LogP contribution >= 0.6 is 0 Å². The maximum atomic E-state index is 10.9. The zero-order valence-corrected chi connectivity index (χ0v) is 8.92. The minimum absolute atomic E-state index is 0.326. The summed E-state index contributed by atoms with van der Waals surface area (Å²) >= 11 is 0. The van der Waals surface area contributed by atoms with Crippen LogP contribution in [-0.2, 0) is 20.1 Å². The number of hydrogen-bond acceptors (Lipinski definition) is 5. The molecule has 1 aromatic rings. The topological polar surface area (TPSA) is 141 Å². The third kappa shape index (κ3) is 2.65. The molecule has 0 radical (unpaired) electrons. The zero-order chi connectivity index (χ0) is 11.9. The van der Waals surface area contributed by atoms with E-state index >= 15 is 0 Å². The Morgan fingerprint density at radius 1 is 1.13 bits per heavy atom. The molecule has 0 heterocycles. The first-order valence-electron chi connectivity index (χ1n) is 3.52. The van der Waals surface area contributed by atoms with Crippen LogP contribution in [0.3, 0.4) is 0 Å². The van der Waals surface area contributed by atoms with E-state index in [2.05, 4.69) is 0 Å². The highest BCUT2D eigenvalue weighted by Gasteiger charge is 2.16. The molecule has 0 fully saturated rings. The molecule has 15 heavy (non-hydrogen) atoms. The van der Waals surface area contributed by atoms with Crippen LogP contribution in [0.5, 0.6) is 0 Å². The van der Waals surface area contributed by atoms with Gasteiger partial charge in [0.15, 0.2) is 0 Å². The monoisotopic (exact) mass is 252 g/mol. The predicted molar refractivity (Wildman–Crippen MR) is 52.0 cm³/mol. The molecule has 84 valence electrons. The fraction of sp³-hybridized carbons (Fsp3) is 0. The summed E-state index contributed by atoms with van der Waals surface area (Å²) in [6.45, 7) is 0. The van der Waals surface area contributed by atoms with Crippen molar-refractivity contribution in [3.8, 4) is 0 Å². The molecule has 0 aliphatic rings. The number of primary sulfonamides is 1. The highest BCUT2D eigenvalue weighted by Crippen LogP contribution is 2.21. The molecule has 7 nitrogen and oxygen atoms in total. The van der Waals surface area contributed by atoms with Gasteiger partial charge in [-0.05, 0) is 18.2 Å². The van der Waals surface area contributed by atoms with Crippen LogP contribution in [-0.4, -0.2) is 21.4 Å². The van der Waals surface area contributed by atoms with Crippen LogP contribution in [0, 0.1) is 0 Å². The van der Waals surface area contributed by atoms with Crippen molar-refractivity contribution in [2.24, 2.45) is 5.14 Å². The van der Waals surface area contributed by atoms with Crippen molar-refractivity contribution in [2.75, 3.05) is 5.73 Å². The van der Waals surface area contributed by atoms with Crippen LogP contribution in [0.4, 0.5) is 5.69 Å². The fourth-order valence-electron chi connectivity index (χ4n) is 0.938. The molecule has 0 amide bonds. The van der Waals surface area contributed by atoms with Gasteiger partial charge in [-0.2, -0.15) is 8.42 Å². The van der Waals surface area contributed by atoms with E-state index in [1.165, 1.54) is 0 Å². The summed E-state index contributed by atoms with van der Waals surface area (Å²) < 4.78 is 51.8. The Labute approximate surface area is 86.5 Å². The van der Waals surface area contributed by atoms with Crippen LogP contribution in [0.25, 0.3) is 0 Å². The molecule has 0 saturated carbocycles. The molecular weight excluding hydrogens is 244 g/mol. The van der Waals surface area contributed by atoms with E-state index in [0.29, 0.717) is 0 Å². The van der Waals surface area contributed by atoms with E-state index in [4.69, 9.17) is 15.4 Å². The van der Waals surface area contributed by atoms with E-state index in [1.54, 1.807) is 0 Å². The average Bonchev–Trinajstić information content (AvgIpc) is 1.99. The van der Waals surface area contributed by atoms with Gasteiger partial charge in [0.2, 0.25) is 10.0 Å². The lowest BCUT2D eigenvalue weighted by Crippen LogP contribution is -2.13. The van der Waals surface area contributed by atoms with Gasteiger partial charge in [0.05, 0.1) is 10.6 Å². The number of nitrogen functional groups attached to an aromatic ring is 1. The Morgan fingerprint density at radius 2 is 1.67 bits per heavy atom. The molecule has 0 aromatic heterocycles. The third-order valence-corrected chi connectivity index (χ3v) is 3.43. The first-order valence-corrected chi connectivity index (χ1v) is 6.51. The van der Waals surface area contributed by atoms with Gasteiger partial charge in [0.25, 0.3) is 10.1 Å². The molecule has 0 atom stereocenters. The zero-order valence-electron chi connectivity index (χ0n) is 7.28. The van der Waals surface area contributed by atoms with Gasteiger partial charge < -0.3 is 5.73 Å². The largest absolute Gasteiger partial charge is 0.398 e. The molecule has 0 saturated heterocycles. The second-order valence-electron chi connectivity index (χ2n) is 2.72. The summed E-state index contributed by atoms with van der Waals surface area (Å²) in [5.41, 5.74) is 4.86. The highest BCUT2D eigenvalue weighted by molar-refractivity contribution is 7.89. The van der Waals surface area contributed by atoms with Gasteiger partial charge in [-0.15, -0.1) is 0 Å². The third-order valence-electron chi connectivity index (χ3n) is 1.59. The molecule has 0 aliphatic carbocycles. The van der Waals surface area contributed by atoms with Crippen LogP contribution in [0.2, 0.25) is 0 Å². The van der Waals surface area contributed by atoms with Crippen LogP contribution in [0.15, 0.2) is 28.0 Å². The first-order chi connectivity index (χ1) is 6.62. The molecule has 0 spiro atoms. The highest BCUT2D eigenvalue weighted by atomic mass is 32.2. The summed E-state index contributed by atoms with van der Waals surface area (Å²) in [6, 6.07) is 2.66. The molecular formula is C6H8N2O5S2. The molecule has 0 bridgehead atoms. The number of hydrogen-bond donors (Lipinski definition) is 3. The van der Waals surface area contributed by atoms with Crippen LogP contribution < -0.4 is 10.9 Å². The Kier molecular flexibility index (Phi) is 2.74. The Balaban J connectivity index is 3.47. The van der Waals surface area contributed by atoms with Gasteiger partial charge in [0.1, 0.15) is 4.90 Å². The smallest absolute Gasteiger partial charge is 0.296 e. The summed E-state index contributed by atoms with van der Waals surface area (Å²) in [7, 11) is -8.40. The summed E-state index contributed by atoms with van der Waals surface area (Å²) in [6.07, 6.45) is 0. The summed E-state index contributed by atoms with van der Waals surface area (Å²) in [5, 5.41) is 4.79. The van der Waals surface area contributed by atoms with Gasteiger partial charge in [-0.1, -0.05) is 0 Å². The molecule has 5 N–H and O–H groups in total. The predicted octanol–water partition coefficient (Wildman–Crippen LogP) is -0.837. The second-order valence-corrected chi connectivity index (χ2v) is 5.67. The van der Waals surface area contributed by atoms with Gasteiger partial charge in [-0.25, -0.2) is 13.6 Å². The Bertz CT molecular complexity index is 590. The van der Waals surface area contributed by atoms with Crippen molar-refractivity contribution in [3.63, 3.8) is 0 Å². The number of benzene rings is 1. The quantitative estimate of drug-likeness (QED) is 0.463. The van der Waals surface area contributed by atoms with E-state index < -0.39 is 25.0 Å². The SMILES string of the molecule is Nc1cc(S(N)(=O)=O)ccc1S(=O)(=O)O. The number of nitrogens with two attached hydrogens (primary N) is 2. The minimum Gasteiger partial charge on any atom is -0.398 e. The van der Waals surface area contributed by atoms with E-state index in [9.17, 15) is 16.8 Å².